The number of benzene rings is 2. The van der Waals surface area contributed by atoms with Crippen LogP contribution in [0, 0.1) is 0 Å². The molecule has 0 bridgehead atoms. The summed E-state index contributed by atoms with van der Waals surface area (Å²) in [5.41, 5.74) is 6.85. The minimum atomic E-state index is -0.785. The van der Waals surface area contributed by atoms with Gasteiger partial charge in [0.25, 0.3) is 0 Å². The molecular formula is C24H26N6O6. The lowest BCUT2D eigenvalue weighted by atomic mass is 10.3. The molecule has 0 spiro atoms. The van der Waals surface area contributed by atoms with E-state index in [0.29, 0.717) is 17.1 Å². The summed E-state index contributed by atoms with van der Waals surface area (Å²) in [6.07, 6.45) is 0. The predicted octanol–water partition coefficient (Wildman–Crippen LogP) is 3.57. The van der Waals surface area contributed by atoms with E-state index in [0.717, 1.165) is 0 Å². The summed E-state index contributed by atoms with van der Waals surface area (Å²) in [4.78, 5) is 44.8. The molecular weight excluding hydrogens is 468 g/mol. The first kappa shape index (κ1) is 25.7. The molecule has 5 N–H and O–H groups in total. The van der Waals surface area contributed by atoms with Gasteiger partial charge in [0.15, 0.2) is 18.1 Å². The van der Waals surface area contributed by atoms with Gasteiger partial charge in [0.05, 0.1) is 13.2 Å². The van der Waals surface area contributed by atoms with Gasteiger partial charge >= 0.3 is 18.0 Å². The van der Waals surface area contributed by atoms with Crippen LogP contribution in [-0.4, -0.2) is 47.8 Å². The van der Waals surface area contributed by atoms with Crippen molar-refractivity contribution in [2.24, 2.45) is 0 Å². The number of nitrogens with zero attached hydrogens (tertiary/aromatic N) is 2. The summed E-state index contributed by atoms with van der Waals surface area (Å²) >= 11 is 0. The second-order valence-electron chi connectivity index (χ2n) is 7.06. The van der Waals surface area contributed by atoms with Crippen LogP contribution in [0.25, 0.3) is 0 Å². The molecule has 36 heavy (non-hydrogen) atoms. The molecule has 0 saturated carbocycles. The maximum absolute atomic E-state index is 12.6. The van der Waals surface area contributed by atoms with Crippen LogP contribution >= 0.6 is 0 Å². The standard InChI is InChI=1S/C24H26N6O6/c1-3-34-18(31)14-36-17-12-10-16(11-13-17)26-23-28-20(22(32)35-4-2)19(21(25)30-23)29-24(33)27-15-8-6-5-7-9-15/h5-13H,3-4,14H2,1-2H3,(H2,27,29,33)(H3,25,26,28,30). The fourth-order valence-corrected chi connectivity index (χ4v) is 2.91. The van der Waals surface area contributed by atoms with Gasteiger partial charge in [0, 0.05) is 11.4 Å². The number of esters is 2. The Morgan fingerprint density at radius 2 is 1.56 bits per heavy atom. The number of hydrogen-bond acceptors (Lipinski definition) is 10. The fraction of sp³-hybridized carbons (Fsp3) is 0.208. The van der Waals surface area contributed by atoms with Crippen molar-refractivity contribution >= 4 is 46.8 Å². The first-order valence-corrected chi connectivity index (χ1v) is 11.0. The molecule has 0 unspecified atom stereocenters. The Balaban J connectivity index is 1.76. The van der Waals surface area contributed by atoms with Crippen LogP contribution in [0.5, 0.6) is 5.75 Å². The van der Waals surface area contributed by atoms with E-state index in [9.17, 15) is 14.4 Å². The average Bonchev–Trinajstić information content (AvgIpc) is 2.86. The molecule has 2 aromatic carbocycles. The molecule has 0 aliphatic carbocycles. The summed E-state index contributed by atoms with van der Waals surface area (Å²) in [5.74, 6) is -0.947. The minimum Gasteiger partial charge on any atom is -0.482 e. The number of carbonyl (C=O) groups excluding carboxylic acids is 3. The van der Waals surface area contributed by atoms with Gasteiger partial charge in [0.2, 0.25) is 5.95 Å². The lowest BCUT2D eigenvalue weighted by Crippen LogP contribution is -2.24. The van der Waals surface area contributed by atoms with Gasteiger partial charge < -0.3 is 35.9 Å². The monoisotopic (exact) mass is 494 g/mol. The van der Waals surface area contributed by atoms with E-state index in [-0.39, 0.29) is 43.0 Å². The van der Waals surface area contributed by atoms with E-state index < -0.39 is 18.0 Å². The largest absolute Gasteiger partial charge is 0.482 e. The van der Waals surface area contributed by atoms with Gasteiger partial charge in [0.1, 0.15) is 11.4 Å². The van der Waals surface area contributed by atoms with Gasteiger partial charge in [-0.2, -0.15) is 4.98 Å². The molecule has 0 radical (unpaired) electrons. The fourth-order valence-electron chi connectivity index (χ4n) is 2.91. The van der Waals surface area contributed by atoms with Crippen molar-refractivity contribution in [3.63, 3.8) is 0 Å². The molecule has 0 aliphatic heterocycles. The van der Waals surface area contributed by atoms with Gasteiger partial charge in [-0.15, -0.1) is 0 Å². The zero-order chi connectivity index (χ0) is 25.9. The Morgan fingerprint density at radius 1 is 0.861 bits per heavy atom. The van der Waals surface area contributed by atoms with E-state index in [4.69, 9.17) is 19.9 Å². The Kier molecular flexibility index (Phi) is 8.98. The van der Waals surface area contributed by atoms with Gasteiger partial charge in [-0.3, -0.25) is 0 Å². The molecule has 12 heteroatoms. The molecule has 12 nitrogen and oxygen atoms in total. The molecule has 0 aliphatic rings. The molecule has 1 heterocycles. The minimum absolute atomic E-state index is 0.00441. The van der Waals surface area contributed by atoms with Gasteiger partial charge in [-0.1, -0.05) is 18.2 Å². The van der Waals surface area contributed by atoms with Crippen LogP contribution in [0.3, 0.4) is 0 Å². The molecule has 1 aromatic heterocycles. The molecule has 2 amide bonds. The topological polar surface area (TPSA) is 167 Å². The number of amides is 2. The highest BCUT2D eigenvalue weighted by atomic mass is 16.6. The van der Waals surface area contributed by atoms with Crippen molar-refractivity contribution in [1.29, 1.82) is 0 Å². The summed E-state index contributed by atoms with van der Waals surface area (Å²) in [7, 11) is 0. The third-order valence-electron chi connectivity index (χ3n) is 4.45. The maximum Gasteiger partial charge on any atom is 0.359 e. The van der Waals surface area contributed by atoms with E-state index in [1.807, 2.05) is 6.07 Å². The molecule has 3 rings (SSSR count). The highest BCUT2D eigenvalue weighted by Crippen LogP contribution is 2.26. The van der Waals surface area contributed by atoms with Crippen molar-refractivity contribution in [3.8, 4) is 5.75 Å². The number of carbonyl (C=O) groups is 3. The lowest BCUT2D eigenvalue weighted by Gasteiger charge is -2.14. The Labute approximate surface area is 207 Å². The number of urea groups is 1. The van der Waals surface area contributed by atoms with Crippen LogP contribution in [0.2, 0.25) is 0 Å². The smallest absolute Gasteiger partial charge is 0.359 e. The highest BCUT2D eigenvalue weighted by Gasteiger charge is 2.22. The molecule has 0 atom stereocenters. The van der Waals surface area contributed by atoms with Crippen LogP contribution in [0.1, 0.15) is 24.3 Å². The van der Waals surface area contributed by atoms with Crippen LogP contribution in [0.15, 0.2) is 54.6 Å². The number of rotatable bonds is 10. The van der Waals surface area contributed by atoms with Gasteiger partial charge in [-0.05, 0) is 50.2 Å². The summed E-state index contributed by atoms with van der Waals surface area (Å²) in [6.45, 7) is 3.50. The Morgan fingerprint density at radius 3 is 2.22 bits per heavy atom. The number of hydrogen-bond donors (Lipinski definition) is 4. The third-order valence-corrected chi connectivity index (χ3v) is 4.45. The molecule has 0 saturated heterocycles. The zero-order valence-electron chi connectivity index (χ0n) is 19.7. The van der Waals surface area contributed by atoms with Crippen molar-refractivity contribution in [3.05, 3.63) is 60.3 Å². The molecule has 0 fully saturated rings. The summed E-state index contributed by atoms with van der Waals surface area (Å²) in [5, 5.41) is 8.07. The van der Waals surface area contributed by atoms with E-state index in [1.165, 1.54) is 0 Å². The SMILES string of the molecule is CCOC(=O)COc1ccc(Nc2nc(N)c(NC(=O)Nc3ccccc3)c(C(=O)OCC)n2)cc1. The van der Waals surface area contributed by atoms with Crippen LogP contribution in [0.4, 0.5) is 33.6 Å². The van der Waals surface area contributed by atoms with E-state index >= 15 is 0 Å². The summed E-state index contributed by atoms with van der Waals surface area (Å²) in [6, 6.07) is 14.7. The van der Waals surface area contributed by atoms with Crippen molar-refractivity contribution in [2.45, 2.75) is 13.8 Å². The number of ether oxygens (including phenoxy) is 3. The first-order chi connectivity index (χ1) is 17.4. The van der Waals surface area contributed by atoms with Crippen LogP contribution < -0.4 is 26.4 Å². The third kappa shape index (κ3) is 7.32. The molecule has 3 aromatic rings. The Bertz CT molecular complexity index is 1200. The maximum atomic E-state index is 12.6. The van der Waals surface area contributed by atoms with Crippen molar-refractivity contribution < 1.29 is 28.6 Å². The second-order valence-corrected chi connectivity index (χ2v) is 7.06. The highest BCUT2D eigenvalue weighted by molar-refractivity contribution is 6.06. The number of para-hydroxylation sites is 1. The first-order valence-electron chi connectivity index (χ1n) is 11.0. The van der Waals surface area contributed by atoms with E-state index in [1.54, 1.807) is 62.4 Å². The quantitative estimate of drug-likeness (QED) is 0.306. The number of anilines is 5. The predicted molar refractivity (Wildman–Crippen MR) is 133 cm³/mol. The zero-order valence-corrected chi connectivity index (χ0v) is 19.7. The number of nitrogens with one attached hydrogen (secondary N) is 3. The normalized spacial score (nSPS) is 10.2. The Hall–Kier alpha value is -4.87. The average molecular weight is 495 g/mol. The second kappa shape index (κ2) is 12.6. The number of nitrogens with two attached hydrogens (primary N) is 1. The molecule has 188 valence electrons. The van der Waals surface area contributed by atoms with Gasteiger partial charge in [-0.25, -0.2) is 19.4 Å². The van der Waals surface area contributed by atoms with Crippen molar-refractivity contribution in [2.75, 3.05) is 41.5 Å². The number of nitrogen functional groups attached to an aromatic ring is 1. The number of aromatic nitrogens is 2. The van der Waals surface area contributed by atoms with E-state index in [2.05, 4.69) is 25.9 Å². The van der Waals surface area contributed by atoms with Crippen molar-refractivity contribution in [1.82, 2.24) is 9.97 Å². The van der Waals surface area contributed by atoms with Crippen LogP contribution in [-0.2, 0) is 14.3 Å². The summed E-state index contributed by atoms with van der Waals surface area (Å²) < 4.78 is 15.2. The lowest BCUT2D eigenvalue weighted by molar-refractivity contribution is -0.145.